The number of amides is 4. The third-order valence-corrected chi connectivity index (χ3v) is 7.84. The summed E-state index contributed by atoms with van der Waals surface area (Å²) in [7, 11) is 0. The summed E-state index contributed by atoms with van der Waals surface area (Å²) in [6.07, 6.45) is 2.21. The number of nitrogens with zero attached hydrogens (tertiary/aromatic N) is 3. The van der Waals surface area contributed by atoms with Gasteiger partial charge in [0.15, 0.2) is 0 Å². The highest BCUT2D eigenvalue weighted by Crippen LogP contribution is 2.82. The number of hydrogen-bond acceptors (Lipinski definition) is 5. The summed E-state index contributed by atoms with van der Waals surface area (Å²) in [5.74, 6) is 0.145. The first-order valence-corrected chi connectivity index (χ1v) is 8.87. The molecule has 2 spiro atoms. The SMILES string of the molecule is Nc1ccc2c(c1)C(=O)N(C(=O)N1C3C4CN5CC6CC45C31C6)C2=O. The van der Waals surface area contributed by atoms with Gasteiger partial charge in [-0.25, -0.2) is 4.79 Å². The molecule has 2 aliphatic carbocycles. The van der Waals surface area contributed by atoms with Crippen LogP contribution in [0.15, 0.2) is 18.2 Å². The predicted octanol–water partition coefficient (Wildman–Crippen LogP) is 0.516. The van der Waals surface area contributed by atoms with Gasteiger partial charge < -0.3 is 10.6 Å². The Kier molecular flexibility index (Phi) is 1.71. The van der Waals surface area contributed by atoms with Crippen LogP contribution in [0.1, 0.15) is 33.6 Å². The van der Waals surface area contributed by atoms with Gasteiger partial charge in [-0.15, -0.1) is 0 Å². The van der Waals surface area contributed by atoms with Crippen LogP contribution < -0.4 is 5.73 Å². The van der Waals surface area contributed by atoms with Gasteiger partial charge in [0.1, 0.15) is 0 Å². The number of urea groups is 1. The summed E-state index contributed by atoms with van der Waals surface area (Å²) in [4.78, 5) is 43.8. The molecule has 7 rings (SSSR count). The fraction of sp³-hybridized carbons (Fsp3) is 0.500. The Hall–Kier alpha value is -2.41. The van der Waals surface area contributed by atoms with E-state index in [1.165, 1.54) is 18.6 Å². The monoisotopic (exact) mass is 336 g/mol. The van der Waals surface area contributed by atoms with Crippen molar-refractivity contribution in [1.82, 2.24) is 14.7 Å². The van der Waals surface area contributed by atoms with Crippen LogP contribution in [0.25, 0.3) is 0 Å². The molecule has 25 heavy (non-hydrogen) atoms. The van der Waals surface area contributed by atoms with E-state index in [1.807, 2.05) is 4.90 Å². The molecule has 5 unspecified atom stereocenters. The van der Waals surface area contributed by atoms with E-state index >= 15 is 0 Å². The lowest BCUT2D eigenvalue weighted by atomic mass is 9.53. The van der Waals surface area contributed by atoms with Crippen LogP contribution in [0.2, 0.25) is 0 Å². The van der Waals surface area contributed by atoms with Crippen molar-refractivity contribution >= 4 is 23.5 Å². The van der Waals surface area contributed by atoms with E-state index in [4.69, 9.17) is 5.73 Å². The van der Waals surface area contributed by atoms with Gasteiger partial charge in [-0.2, -0.15) is 4.90 Å². The number of piperidine rings is 2. The number of carbonyl (C=O) groups excluding carboxylic acids is 3. The van der Waals surface area contributed by atoms with E-state index < -0.39 is 17.8 Å². The van der Waals surface area contributed by atoms with Crippen LogP contribution in [-0.4, -0.2) is 62.8 Å². The first-order chi connectivity index (χ1) is 12.0. The molecule has 0 radical (unpaired) electrons. The number of hydrogen-bond donors (Lipinski definition) is 1. The van der Waals surface area contributed by atoms with Crippen molar-refractivity contribution < 1.29 is 14.4 Å². The normalized spacial score (nSPS) is 44.2. The average molecular weight is 336 g/mol. The number of carbonyl (C=O) groups is 3. The molecule has 4 heterocycles. The van der Waals surface area contributed by atoms with Crippen LogP contribution in [0.4, 0.5) is 10.5 Å². The van der Waals surface area contributed by atoms with Crippen LogP contribution >= 0.6 is 0 Å². The molecule has 5 atom stereocenters. The molecule has 6 aliphatic rings. The number of nitrogen functional groups attached to an aromatic ring is 1. The molecule has 0 aromatic heterocycles. The van der Waals surface area contributed by atoms with Gasteiger partial charge in [0, 0.05) is 24.7 Å². The maximum atomic E-state index is 13.2. The topological polar surface area (TPSA) is 86.7 Å². The molecule has 2 bridgehead atoms. The highest BCUT2D eigenvalue weighted by atomic mass is 16.2. The fourth-order valence-electron chi connectivity index (χ4n) is 7.18. The zero-order chi connectivity index (χ0) is 16.9. The van der Waals surface area contributed by atoms with E-state index in [0.717, 1.165) is 24.4 Å². The number of imide groups is 3. The van der Waals surface area contributed by atoms with E-state index in [2.05, 4.69) is 4.90 Å². The Balaban J connectivity index is 1.27. The summed E-state index contributed by atoms with van der Waals surface area (Å²) in [6, 6.07) is 4.42. The second-order valence-corrected chi connectivity index (χ2v) is 8.48. The van der Waals surface area contributed by atoms with Crippen LogP contribution in [0.5, 0.6) is 0 Å². The van der Waals surface area contributed by atoms with Crippen molar-refractivity contribution in [3.63, 3.8) is 0 Å². The Labute approximate surface area is 143 Å². The zero-order valence-electron chi connectivity index (χ0n) is 13.4. The molecule has 2 saturated carbocycles. The summed E-state index contributed by atoms with van der Waals surface area (Å²) in [5, 5.41) is 0. The van der Waals surface area contributed by atoms with Gasteiger partial charge in [-0.1, -0.05) is 0 Å². The fourth-order valence-corrected chi connectivity index (χ4v) is 7.18. The van der Waals surface area contributed by atoms with Crippen molar-refractivity contribution in [3.8, 4) is 0 Å². The Morgan fingerprint density at radius 1 is 1.08 bits per heavy atom. The van der Waals surface area contributed by atoms with Crippen molar-refractivity contribution in [3.05, 3.63) is 29.3 Å². The van der Waals surface area contributed by atoms with Gasteiger partial charge in [0.05, 0.1) is 28.2 Å². The molecular formula is C18H16N4O3. The Bertz CT molecular complexity index is 960. The zero-order valence-corrected chi connectivity index (χ0v) is 13.4. The second kappa shape index (κ2) is 3.31. The van der Waals surface area contributed by atoms with Gasteiger partial charge in [-0.05, 0) is 37.0 Å². The molecule has 7 nitrogen and oxygen atoms in total. The summed E-state index contributed by atoms with van der Waals surface area (Å²) < 4.78 is 0. The van der Waals surface area contributed by atoms with Gasteiger partial charge in [0.2, 0.25) is 0 Å². The van der Waals surface area contributed by atoms with Gasteiger partial charge in [0.25, 0.3) is 11.8 Å². The maximum absolute atomic E-state index is 13.2. The number of benzene rings is 1. The largest absolute Gasteiger partial charge is 0.399 e. The lowest BCUT2D eigenvalue weighted by molar-refractivity contribution is -0.133. The summed E-state index contributed by atoms with van der Waals surface area (Å²) >= 11 is 0. The lowest BCUT2D eigenvalue weighted by Crippen LogP contribution is -2.80. The molecular weight excluding hydrogens is 320 g/mol. The molecule has 126 valence electrons. The maximum Gasteiger partial charge on any atom is 0.335 e. The highest BCUT2D eigenvalue weighted by Gasteiger charge is 2.97. The van der Waals surface area contributed by atoms with E-state index in [1.54, 1.807) is 6.07 Å². The van der Waals surface area contributed by atoms with E-state index in [9.17, 15) is 14.4 Å². The molecule has 5 fully saturated rings. The molecule has 3 saturated heterocycles. The summed E-state index contributed by atoms with van der Waals surface area (Å²) in [5.41, 5.74) is 6.74. The van der Waals surface area contributed by atoms with Crippen LogP contribution in [0, 0.1) is 11.8 Å². The summed E-state index contributed by atoms with van der Waals surface area (Å²) in [6.45, 7) is 2.21. The third kappa shape index (κ3) is 0.988. The molecule has 4 aliphatic heterocycles. The molecule has 4 amide bonds. The van der Waals surface area contributed by atoms with Crippen LogP contribution in [-0.2, 0) is 0 Å². The van der Waals surface area contributed by atoms with E-state index in [-0.39, 0.29) is 28.2 Å². The molecule has 1 aromatic carbocycles. The molecule has 7 heteroatoms. The number of likely N-dealkylation sites (tertiary alicyclic amines) is 1. The standard InChI is InChI=1S/C18H16N4O3/c19-9-1-2-10-11(3-9)15(24)21(14(10)23)16(25)22-13-12-7-20-6-8-4-17(12,20)18(13,22)5-8/h1-3,8,12-13H,4-7,19H2. The van der Waals surface area contributed by atoms with Crippen molar-refractivity contribution in [2.45, 2.75) is 30.0 Å². The Morgan fingerprint density at radius 3 is 2.64 bits per heavy atom. The number of fused-ring (bicyclic) bond motifs is 3. The van der Waals surface area contributed by atoms with Crippen molar-refractivity contribution in [2.24, 2.45) is 11.8 Å². The third-order valence-electron chi connectivity index (χ3n) is 7.84. The lowest BCUT2D eigenvalue weighted by Gasteiger charge is -2.64. The van der Waals surface area contributed by atoms with Crippen molar-refractivity contribution in [1.29, 1.82) is 0 Å². The van der Waals surface area contributed by atoms with Gasteiger partial charge in [-0.3, -0.25) is 14.5 Å². The minimum atomic E-state index is -0.537. The van der Waals surface area contributed by atoms with Crippen molar-refractivity contribution in [2.75, 3.05) is 18.8 Å². The minimum Gasteiger partial charge on any atom is -0.399 e. The molecule has 2 N–H and O–H groups in total. The number of anilines is 1. The highest BCUT2D eigenvalue weighted by molar-refractivity contribution is 6.29. The van der Waals surface area contributed by atoms with E-state index in [0.29, 0.717) is 17.5 Å². The molecule has 1 aromatic rings. The predicted molar refractivity (Wildman–Crippen MR) is 85.6 cm³/mol. The second-order valence-electron chi connectivity index (χ2n) is 8.48. The smallest absolute Gasteiger partial charge is 0.335 e. The first kappa shape index (κ1) is 12.9. The first-order valence-electron chi connectivity index (χ1n) is 8.87. The number of rotatable bonds is 0. The number of nitrogens with two attached hydrogens (primary N) is 1. The minimum absolute atomic E-state index is 0.0930. The quantitative estimate of drug-likeness (QED) is 0.424. The average Bonchev–Trinajstić information content (AvgIpc) is 2.84. The van der Waals surface area contributed by atoms with Gasteiger partial charge >= 0.3 is 6.03 Å². The van der Waals surface area contributed by atoms with Crippen LogP contribution in [0.3, 0.4) is 0 Å². The Morgan fingerprint density at radius 2 is 1.84 bits per heavy atom.